The fourth-order valence-corrected chi connectivity index (χ4v) is 2.39. The second-order valence-electron chi connectivity index (χ2n) is 5.56. The molecule has 0 saturated heterocycles. The minimum absolute atomic E-state index is 0.0937. The molecule has 4 heteroatoms. The van der Waals surface area contributed by atoms with Gasteiger partial charge >= 0.3 is 0 Å². The molecule has 0 radical (unpaired) electrons. The minimum Gasteiger partial charge on any atom is -0.271 e. The van der Waals surface area contributed by atoms with E-state index in [0.717, 1.165) is 25.0 Å². The molecule has 0 spiro atoms. The van der Waals surface area contributed by atoms with Gasteiger partial charge in [0.05, 0.1) is 11.7 Å². The Labute approximate surface area is 127 Å². The number of hydrazine groups is 1. The molecule has 2 atom stereocenters. The van der Waals surface area contributed by atoms with Crippen LogP contribution in [0.1, 0.15) is 56.1 Å². The standard InChI is InChI=1S/C17H26N4/c1-4-13(3)21-11-10-16(20-21)12-17(19-18)15-8-6-14(5-2)7-9-15/h6-11,13,17,19H,4-5,12,18H2,1-3H3. The molecule has 1 aromatic heterocycles. The molecule has 0 amide bonds. The van der Waals surface area contributed by atoms with Crippen molar-refractivity contribution < 1.29 is 0 Å². The van der Waals surface area contributed by atoms with Crippen LogP contribution in [0.5, 0.6) is 0 Å². The van der Waals surface area contributed by atoms with Crippen molar-refractivity contribution in [3.63, 3.8) is 0 Å². The van der Waals surface area contributed by atoms with E-state index < -0.39 is 0 Å². The molecule has 1 aromatic carbocycles. The number of nitrogens with zero attached hydrogens (tertiary/aromatic N) is 2. The summed E-state index contributed by atoms with van der Waals surface area (Å²) in [5.74, 6) is 5.73. The van der Waals surface area contributed by atoms with Crippen molar-refractivity contribution in [2.24, 2.45) is 5.84 Å². The number of nitrogens with two attached hydrogens (primary N) is 1. The first-order chi connectivity index (χ1) is 10.2. The smallest absolute Gasteiger partial charge is 0.0644 e. The summed E-state index contributed by atoms with van der Waals surface area (Å²) in [6.07, 6.45) is 4.99. The molecule has 0 bridgehead atoms. The maximum absolute atomic E-state index is 5.73. The minimum atomic E-state index is 0.0937. The Balaban J connectivity index is 2.09. The second kappa shape index (κ2) is 7.38. The quantitative estimate of drug-likeness (QED) is 0.607. The Bertz CT molecular complexity index is 544. The van der Waals surface area contributed by atoms with E-state index in [1.807, 2.05) is 4.68 Å². The lowest BCUT2D eigenvalue weighted by Crippen LogP contribution is -2.29. The molecule has 0 saturated carbocycles. The van der Waals surface area contributed by atoms with Gasteiger partial charge in [0.15, 0.2) is 0 Å². The maximum Gasteiger partial charge on any atom is 0.0644 e. The topological polar surface area (TPSA) is 55.9 Å². The van der Waals surface area contributed by atoms with E-state index in [1.165, 1.54) is 11.1 Å². The second-order valence-corrected chi connectivity index (χ2v) is 5.56. The van der Waals surface area contributed by atoms with Crippen molar-refractivity contribution in [2.75, 3.05) is 0 Å². The summed E-state index contributed by atoms with van der Waals surface area (Å²) >= 11 is 0. The maximum atomic E-state index is 5.73. The molecule has 1 heterocycles. The Morgan fingerprint density at radius 1 is 1.19 bits per heavy atom. The Morgan fingerprint density at radius 2 is 1.90 bits per heavy atom. The van der Waals surface area contributed by atoms with Crippen molar-refractivity contribution in [2.45, 2.75) is 52.1 Å². The fourth-order valence-electron chi connectivity index (χ4n) is 2.39. The third kappa shape index (κ3) is 3.93. The van der Waals surface area contributed by atoms with Gasteiger partial charge in [0, 0.05) is 18.7 Å². The van der Waals surface area contributed by atoms with Gasteiger partial charge in [-0.15, -0.1) is 0 Å². The van der Waals surface area contributed by atoms with Crippen molar-refractivity contribution in [1.82, 2.24) is 15.2 Å². The van der Waals surface area contributed by atoms with Gasteiger partial charge in [0.1, 0.15) is 0 Å². The van der Waals surface area contributed by atoms with Gasteiger partial charge in [0.2, 0.25) is 0 Å². The van der Waals surface area contributed by atoms with Gasteiger partial charge in [-0.3, -0.25) is 16.0 Å². The summed E-state index contributed by atoms with van der Waals surface area (Å²) < 4.78 is 2.03. The van der Waals surface area contributed by atoms with Crippen molar-refractivity contribution >= 4 is 0 Å². The highest BCUT2D eigenvalue weighted by molar-refractivity contribution is 5.26. The van der Waals surface area contributed by atoms with Gasteiger partial charge in [-0.2, -0.15) is 5.10 Å². The monoisotopic (exact) mass is 286 g/mol. The molecule has 114 valence electrons. The van der Waals surface area contributed by atoms with Gasteiger partial charge in [-0.05, 0) is 37.0 Å². The Kier molecular flexibility index (Phi) is 5.53. The summed E-state index contributed by atoms with van der Waals surface area (Å²) in [5.41, 5.74) is 6.52. The Hall–Kier alpha value is -1.65. The van der Waals surface area contributed by atoms with Gasteiger partial charge in [0.25, 0.3) is 0 Å². The molecule has 0 aliphatic carbocycles. The van der Waals surface area contributed by atoms with E-state index in [-0.39, 0.29) is 6.04 Å². The first kappa shape index (κ1) is 15.7. The fraction of sp³-hybridized carbons (Fsp3) is 0.471. The number of aromatic nitrogens is 2. The molecular weight excluding hydrogens is 260 g/mol. The molecule has 0 aliphatic rings. The van der Waals surface area contributed by atoms with E-state index in [1.54, 1.807) is 0 Å². The summed E-state index contributed by atoms with van der Waals surface area (Å²) in [4.78, 5) is 0. The third-order valence-electron chi connectivity index (χ3n) is 4.11. The molecule has 2 unspecified atom stereocenters. The Morgan fingerprint density at radius 3 is 2.48 bits per heavy atom. The molecule has 0 aliphatic heterocycles. The number of hydrogen-bond donors (Lipinski definition) is 2. The van der Waals surface area contributed by atoms with Crippen molar-refractivity contribution in [3.8, 4) is 0 Å². The zero-order chi connectivity index (χ0) is 15.2. The van der Waals surface area contributed by atoms with E-state index >= 15 is 0 Å². The van der Waals surface area contributed by atoms with Crippen LogP contribution < -0.4 is 11.3 Å². The van der Waals surface area contributed by atoms with Crippen LogP contribution in [0.4, 0.5) is 0 Å². The highest BCUT2D eigenvalue weighted by Gasteiger charge is 2.13. The van der Waals surface area contributed by atoms with Crippen LogP contribution in [0.3, 0.4) is 0 Å². The van der Waals surface area contributed by atoms with Crippen LogP contribution in [0, 0.1) is 0 Å². The zero-order valence-corrected chi connectivity index (χ0v) is 13.2. The van der Waals surface area contributed by atoms with Crippen LogP contribution in [-0.4, -0.2) is 9.78 Å². The first-order valence-corrected chi connectivity index (χ1v) is 7.76. The van der Waals surface area contributed by atoms with E-state index in [0.29, 0.717) is 6.04 Å². The number of rotatable bonds is 7. The van der Waals surface area contributed by atoms with Crippen LogP contribution in [0.2, 0.25) is 0 Å². The number of benzene rings is 1. The number of nitrogens with one attached hydrogen (secondary N) is 1. The lowest BCUT2D eigenvalue weighted by molar-refractivity contribution is 0.467. The summed E-state index contributed by atoms with van der Waals surface area (Å²) in [6.45, 7) is 6.51. The van der Waals surface area contributed by atoms with Gasteiger partial charge in [-0.1, -0.05) is 38.1 Å². The predicted molar refractivity (Wildman–Crippen MR) is 86.8 cm³/mol. The summed E-state index contributed by atoms with van der Waals surface area (Å²) in [6, 6.07) is 11.2. The zero-order valence-electron chi connectivity index (χ0n) is 13.2. The lowest BCUT2D eigenvalue weighted by atomic mass is 10.0. The van der Waals surface area contributed by atoms with Crippen LogP contribution >= 0.6 is 0 Å². The van der Waals surface area contributed by atoms with Crippen LogP contribution in [0.15, 0.2) is 36.5 Å². The predicted octanol–water partition coefficient (Wildman–Crippen LogP) is 3.16. The van der Waals surface area contributed by atoms with E-state index in [2.05, 4.69) is 67.8 Å². The first-order valence-electron chi connectivity index (χ1n) is 7.76. The van der Waals surface area contributed by atoms with Crippen LogP contribution in [0.25, 0.3) is 0 Å². The average molecular weight is 286 g/mol. The van der Waals surface area contributed by atoms with E-state index in [9.17, 15) is 0 Å². The third-order valence-corrected chi connectivity index (χ3v) is 4.11. The van der Waals surface area contributed by atoms with Crippen molar-refractivity contribution in [3.05, 3.63) is 53.3 Å². The normalized spacial score (nSPS) is 14.1. The lowest BCUT2D eigenvalue weighted by Gasteiger charge is -2.16. The molecule has 0 fully saturated rings. The molecule has 21 heavy (non-hydrogen) atoms. The number of hydrogen-bond acceptors (Lipinski definition) is 3. The molecule has 3 N–H and O–H groups in total. The van der Waals surface area contributed by atoms with Crippen molar-refractivity contribution in [1.29, 1.82) is 0 Å². The SMILES string of the molecule is CCc1ccc(C(Cc2ccn(C(C)CC)n2)NN)cc1. The molecule has 2 rings (SSSR count). The summed E-state index contributed by atoms with van der Waals surface area (Å²) in [7, 11) is 0. The van der Waals surface area contributed by atoms with Gasteiger partial charge in [-0.25, -0.2) is 0 Å². The van der Waals surface area contributed by atoms with Gasteiger partial charge < -0.3 is 0 Å². The van der Waals surface area contributed by atoms with E-state index in [4.69, 9.17) is 5.84 Å². The van der Waals surface area contributed by atoms with Crippen LogP contribution in [-0.2, 0) is 12.8 Å². The number of aryl methyl sites for hydroxylation is 1. The molecule has 2 aromatic rings. The summed E-state index contributed by atoms with van der Waals surface area (Å²) in [5, 5.41) is 4.65. The average Bonchev–Trinajstić information content (AvgIpc) is 3.00. The highest BCUT2D eigenvalue weighted by atomic mass is 15.3. The molecular formula is C17H26N4. The largest absolute Gasteiger partial charge is 0.271 e. The highest BCUT2D eigenvalue weighted by Crippen LogP contribution is 2.19. The molecule has 4 nitrogen and oxygen atoms in total.